The average Bonchev–Trinajstić information content (AvgIpc) is 2.78. The molecule has 6 nitrogen and oxygen atoms in total. The number of ether oxygens (including phenoxy) is 2. The predicted molar refractivity (Wildman–Crippen MR) is 82.3 cm³/mol. The first kappa shape index (κ1) is 15.8. The topological polar surface area (TPSA) is 93.1 Å². The fourth-order valence-corrected chi connectivity index (χ4v) is 5.27. The Morgan fingerprint density at radius 2 is 2.00 bits per heavy atom. The van der Waals surface area contributed by atoms with Crippen molar-refractivity contribution in [3.05, 3.63) is 23.7 Å². The molecule has 0 aromatic rings. The van der Waals surface area contributed by atoms with Gasteiger partial charge in [0.25, 0.3) is 0 Å². The first-order chi connectivity index (χ1) is 11.2. The number of hydrogen-bond acceptors (Lipinski definition) is 6. The number of aliphatic hydroxyl groups is 2. The molecule has 2 aliphatic heterocycles. The summed E-state index contributed by atoms with van der Waals surface area (Å²) in [6, 6.07) is 0. The van der Waals surface area contributed by atoms with Crippen LogP contribution in [0.1, 0.15) is 39.5 Å². The monoisotopic (exact) mass is 334 g/mol. The first-order valence-electron chi connectivity index (χ1n) is 8.50. The minimum absolute atomic E-state index is 0.00568. The van der Waals surface area contributed by atoms with E-state index in [1.807, 2.05) is 6.92 Å². The smallest absolute Gasteiger partial charge is 0.351 e. The molecule has 2 aliphatic carbocycles. The average molecular weight is 334 g/mol. The maximum Gasteiger partial charge on any atom is 0.351 e. The molecule has 0 spiro atoms. The summed E-state index contributed by atoms with van der Waals surface area (Å²) in [6.45, 7) is 7.27. The lowest BCUT2D eigenvalue weighted by Crippen LogP contribution is -2.69. The normalized spacial score (nSPS) is 47.6. The summed E-state index contributed by atoms with van der Waals surface area (Å²) in [4.78, 5) is 25.5. The van der Waals surface area contributed by atoms with Crippen LogP contribution in [0.15, 0.2) is 23.7 Å². The lowest BCUT2D eigenvalue weighted by atomic mass is 9.48. The second-order valence-electron chi connectivity index (χ2n) is 7.73. The second-order valence-corrected chi connectivity index (χ2v) is 7.73. The minimum Gasteiger partial charge on any atom is -0.482 e. The van der Waals surface area contributed by atoms with Crippen LogP contribution in [-0.2, 0) is 19.1 Å². The molecule has 0 radical (unpaired) electrons. The van der Waals surface area contributed by atoms with Crippen molar-refractivity contribution in [1.82, 2.24) is 0 Å². The molecule has 24 heavy (non-hydrogen) atoms. The Kier molecular flexibility index (Phi) is 3.10. The highest BCUT2D eigenvalue weighted by Crippen LogP contribution is 2.59. The first-order valence-corrected chi connectivity index (χ1v) is 8.50. The number of fused-ring (bicyclic) bond motifs is 4. The molecule has 130 valence electrons. The van der Waals surface area contributed by atoms with Gasteiger partial charge in [0, 0.05) is 17.3 Å². The Hall–Kier alpha value is -1.66. The highest BCUT2D eigenvalue weighted by molar-refractivity contribution is 6.22. The molecule has 0 saturated heterocycles. The van der Waals surface area contributed by atoms with Crippen molar-refractivity contribution < 1.29 is 29.3 Å². The fraction of sp³-hybridized carbons (Fsp3) is 0.667. The number of Topliss-reactive ketones (excluding diaryl/α,β-unsaturated/α-hetero) is 1. The Morgan fingerprint density at radius 1 is 1.29 bits per heavy atom. The zero-order valence-corrected chi connectivity index (χ0v) is 13.9. The highest BCUT2D eigenvalue weighted by atomic mass is 16.6. The molecule has 4 rings (SSSR count). The largest absolute Gasteiger partial charge is 0.482 e. The van der Waals surface area contributed by atoms with Crippen molar-refractivity contribution in [3.63, 3.8) is 0 Å². The fourth-order valence-electron chi connectivity index (χ4n) is 5.27. The van der Waals surface area contributed by atoms with Crippen LogP contribution in [0.25, 0.3) is 0 Å². The van der Waals surface area contributed by atoms with Crippen LogP contribution in [0.5, 0.6) is 0 Å². The van der Waals surface area contributed by atoms with E-state index in [0.29, 0.717) is 12.8 Å². The molecule has 2 fully saturated rings. The van der Waals surface area contributed by atoms with Crippen LogP contribution in [0.4, 0.5) is 0 Å². The molecular weight excluding hydrogens is 312 g/mol. The van der Waals surface area contributed by atoms with E-state index in [1.54, 1.807) is 6.92 Å². The maximum atomic E-state index is 13.4. The molecule has 2 N–H and O–H groups in total. The molecule has 6 atom stereocenters. The second kappa shape index (κ2) is 4.70. The molecule has 2 bridgehead atoms. The van der Waals surface area contributed by atoms with Crippen LogP contribution in [0.3, 0.4) is 0 Å². The van der Waals surface area contributed by atoms with Crippen molar-refractivity contribution in [2.24, 2.45) is 17.3 Å². The summed E-state index contributed by atoms with van der Waals surface area (Å²) in [5.41, 5.74) is -2.51. The highest BCUT2D eigenvalue weighted by Gasteiger charge is 2.68. The summed E-state index contributed by atoms with van der Waals surface area (Å²) >= 11 is 0. The van der Waals surface area contributed by atoms with Crippen LogP contribution in [-0.4, -0.2) is 39.8 Å². The van der Waals surface area contributed by atoms with Gasteiger partial charge in [-0.1, -0.05) is 33.3 Å². The van der Waals surface area contributed by atoms with Gasteiger partial charge in [-0.25, -0.2) is 4.79 Å². The summed E-state index contributed by atoms with van der Waals surface area (Å²) in [5, 5.41) is 22.1. The quantitative estimate of drug-likeness (QED) is 0.511. The standard InChI is InChI=1S/C18H22O6/c1-8-12-15(20)18(22)7-5-4-6-10(18)17(8,3)14(19)11-13(24-12)9(2)23-16(11)21/h8,10,12,15,20,22H,2,4-7H2,1,3H3/t8-,10+,12+,15-,17-,18+/m1/s1. The molecule has 6 heteroatoms. The van der Waals surface area contributed by atoms with E-state index in [1.165, 1.54) is 0 Å². The van der Waals surface area contributed by atoms with E-state index in [9.17, 15) is 19.8 Å². The molecule has 0 aromatic carbocycles. The van der Waals surface area contributed by atoms with Gasteiger partial charge in [0.05, 0.1) is 5.60 Å². The van der Waals surface area contributed by atoms with E-state index < -0.39 is 35.1 Å². The van der Waals surface area contributed by atoms with Gasteiger partial charge in [-0.3, -0.25) is 4.79 Å². The lowest BCUT2D eigenvalue weighted by Gasteiger charge is -2.58. The zero-order chi connectivity index (χ0) is 17.4. The van der Waals surface area contributed by atoms with E-state index in [4.69, 9.17) is 9.47 Å². The molecule has 0 amide bonds. The SMILES string of the molecule is C=C1OC(=O)C2=C1O[C@@H]1[C@@H](O)[C@]3(O)CCCC[C@H]3[C@](C)(C2=O)[C@@H]1C. The van der Waals surface area contributed by atoms with Crippen molar-refractivity contribution >= 4 is 11.8 Å². The third-order valence-corrected chi connectivity index (χ3v) is 6.78. The Morgan fingerprint density at radius 3 is 2.71 bits per heavy atom. The Balaban J connectivity index is 1.94. The number of cyclic esters (lactones) is 1. The number of aliphatic hydroxyl groups excluding tert-OH is 1. The summed E-state index contributed by atoms with van der Waals surface area (Å²) in [6.07, 6.45) is 0.794. The van der Waals surface area contributed by atoms with Gasteiger partial charge < -0.3 is 19.7 Å². The van der Waals surface area contributed by atoms with E-state index >= 15 is 0 Å². The van der Waals surface area contributed by atoms with Gasteiger partial charge in [-0.15, -0.1) is 0 Å². The molecule has 0 unspecified atom stereocenters. The van der Waals surface area contributed by atoms with Gasteiger partial charge in [0.15, 0.2) is 17.3 Å². The lowest BCUT2D eigenvalue weighted by molar-refractivity contribution is -0.247. The number of rotatable bonds is 0. The van der Waals surface area contributed by atoms with Gasteiger partial charge >= 0.3 is 5.97 Å². The number of carbonyl (C=O) groups excluding carboxylic acids is 2. The summed E-state index contributed by atoms with van der Waals surface area (Å²) in [7, 11) is 0. The molecular formula is C18H22O6. The zero-order valence-electron chi connectivity index (χ0n) is 13.9. The maximum absolute atomic E-state index is 13.4. The third kappa shape index (κ3) is 1.63. The summed E-state index contributed by atoms with van der Waals surface area (Å²) in [5.74, 6) is -1.89. The Labute approximate surface area is 140 Å². The van der Waals surface area contributed by atoms with E-state index in [0.717, 1.165) is 12.8 Å². The van der Waals surface area contributed by atoms with Crippen LogP contribution >= 0.6 is 0 Å². The number of ketones is 1. The third-order valence-electron chi connectivity index (χ3n) is 6.78. The van der Waals surface area contributed by atoms with Gasteiger partial charge in [0.1, 0.15) is 17.8 Å². The van der Waals surface area contributed by atoms with Crippen molar-refractivity contribution in [1.29, 1.82) is 0 Å². The summed E-state index contributed by atoms with van der Waals surface area (Å²) < 4.78 is 10.8. The van der Waals surface area contributed by atoms with Crippen LogP contribution in [0, 0.1) is 17.3 Å². The predicted octanol–water partition coefficient (Wildman–Crippen LogP) is 1.22. The number of hydrogen-bond donors (Lipinski definition) is 2. The van der Waals surface area contributed by atoms with Crippen LogP contribution < -0.4 is 0 Å². The van der Waals surface area contributed by atoms with Crippen LogP contribution in [0.2, 0.25) is 0 Å². The number of esters is 1. The number of carbonyl (C=O) groups is 2. The molecule has 0 aromatic heterocycles. The molecule has 2 heterocycles. The Bertz CT molecular complexity index is 694. The molecule has 2 saturated carbocycles. The van der Waals surface area contributed by atoms with Crippen molar-refractivity contribution in [2.45, 2.75) is 57.3 Å². The van der Waals surface area contributed by atoms with Gasteiger partial charge in [-0.05, 0) is 12.8 Å². The van der Waals surface area contributed by atoms with Gasteiger partial charge in [-0.2, -0.15) is 0 Å². The molecule has 4 aliphatic rings. The van der Waals surface area contributed by atoms with Crippen molar-refractivity contribution in [2.75, 3.05) is 0 Å². The minimum atomic E-state index is -1.38. The van der Waals surface area contributed by atoms with Gasteiger partial charge in [0.2, 0.25) is 0 Å². The van der Waals surface area contributed by atoms with E-state index in [-0.39, 0.29) is 28.8 Å². The van der Waals surface area contributed by atoms with Crippen molar-refractivity contribution in [3.8, 4) is 0 Å². The van der Waals surface area contributed by atoms with E-state index in [2.05, 4.69) is 6.58 Å².